The minimum absolute atomic E-state index is 0. The molecule has 5 atom stereocenters. The number of hydrogen-bond donors (Lipinski definition) is 1. The molecule has 3 N–H and O–H groups in total. The molecule has 1 aromatic heterocycles. The van der Waals surface area contributed by atoms with Crippen LogP contribution in [0.15, 0.2) is 43.1 Å². The van der Waals surface area contributed by atoms with E-state index in [0.717, 1.165) is 41.7 Å². The van der Waals surface area contributed by atoms with Crippen LogP contribution in [-0.2, 0) is 0 Å². The van der Waals surface area contributed by atoms with E-state index in [1.807, 2.05) is 24.3 Å². The van der Waals surface area contributed by atoms with Crippen molar-refractivity contribution in [2.45, 2.75) is 25.0 Å². The molecule has 5 rings (SSSR count). The molecule has 5 nitrogen and oxygen atoms in total. The lowest BCUT2D eigenvalue weighted by molar-refractivity contribution is -0.0444. The Labute approximate surface area is 160 Å². The van der Waals surface area contributed by atoms with Crippen LogP contribution in [0.4, 0.5) is 0 Å². The zero-order valence-electron chi connectivity index (χ0n) is 15.0. The SMILES string of the molecule is C=C[C@@H]1CN2CCC1C[C@@H]2C(O)c1ccnc2ccc(OC)cc12.Cl.O. The van der Waals surface area contributed by atoms with Crippen LogP contribution in [0, 0.1) is 11.8 Å². The molecule has 4 heterocycles. The lowest BCUT2D eigenvalue weighted by Gasteiger charge is -2.50. The first kappa shape index (κ1) is 20.6. The fraction of sp³-hybridized carbons (Fsp3) is 0.450. The van der Waals surface area contributed by atoms with Gasteiger partial charge in [0.2, 0.25) is 0 Å². The van der Waals surface area contributed by atoms with Crippen molar-refractivity contribution in [3.8, 4) is 5.75 Å². The summed E-state index contributed by atoms with van der Waals surface area (Å²) in [4.78, 5) is 6.86. The molecule has 0 amide bonds. The van der Waals surface area contributed by atoms with Crippen LogP contribution < -0.4 is 4.74 Å². The Morgan fingerprint density at radius 1 is 1.38 bits per heavy atom. The number of ether oxygens (including phenoxy) is 1. The highest BCUT2D eigenvalue weighted by Gasteiger charge is 2.42. The number of pyridine rings is 1. The van der Waals surface area contributed by atoms with Gasteiger partial charge in [0.25, 0.3) is 0 Å². The van der Waals surface area contributed by atoms with Crippen LogP contribution in [0.2, 0.25) is 0 Å². The van der Waals surface area contributed by atoms with Crippen LogP contribution >= 0.6 is 12.4 Å². The maximum atomic E-state index is 11.2. The van der Waals surface area contributed by atoms with Gasteiger partial charge in [-0.15, -0.1) is 19.0 Å². The van der Waals surface area contributed by atoms with Gasteiger partial charge in [-0.05, 0) is 61.1 Å². The Kier molecular flexibility index (Phi) is 6.64. The number of nitrogens with zero attached hydrogens (tertiary/aromatic N) is 2. The molecule has 3 aliphatic heterocycles. The van der Waals surface area contributed by atoms with E-state index in [1.54, 1.807) is 13.3 Å². The van der Waals surface area contributed by atoms with Crippen LogP contribution in [0.5, 0.6) is 5.75 Å². The molecule has 2 bridgehead atoms. The zero-order valence-corrected chi connectivity index (χ0v) is 15.8. The molecule has 26 heavy (non-hydrogen) atoms. The highest BCUT2D eigenvalue weighted by molar-refractivity contribution is 5.85. The Morgan fingerprint density at radius 2 is 2.19 bits per heavy atom. The second-order valence-corrected chi connectivity index (χ2v) is 6.97. The number of piperidine rings is 3. The summed E-state index contributed by atoms with van der Waals surface area (Å²) in [5.41, 5.74) is 1.85. The van der Waals surface area contributed by atoms with Crippen molar-refractivity contribution in [3.05, 3.63) is 48.7 Å². The predicted molar refractivity (Wildman–Crippen MR) is 106 cm³/mol. The third kappa shape index (κ3) is 3.45. The number of halogens is 1. The number of aliphatic hydroxyl groups is 1. The minimum Gasteiger partial charge on any atom is -0.497 e. The van der Waals surface area contributed by atoms with Crippen LogP contribution in [0.1, 0.15) is 24.5 Å². The summed E-state index contributed by atoms with van der Waals surface area (Å²) >= 11 is 0. The standard InChI is InChI=1S/C20H24N2O2.ClH.H2O/c1-3-13-12-22-9-7-14(13)10-19(22)20(23)16-6-8-21-18-5-4-15(24-2)11-17(16)18;;/h3-6,8,11,13-14,19-20,23H,1,7,9-10,12H2,2H3;1H;1H2/t13-,14?,19-,20?;;/m1../s1. The fourth-order valence-electron chi connectivity index (χ4n) is 4.44. The van der Waals surface area contributed by atoms with Gasteiger partial charge < -0.3 is 15.3 Å². The van der Waals surface area contributed by atoms with Crippen LogP contribution in [-0.4, -0.2) is 46.7 Å². The summed E-state index contributed by atoms with van der Waals surface area (Å²) in [7, 11) is 1.66. The Bertz CT molecular complexity index is 770. The van der Waals surface area contributed by atoms with E-state index < -0.39 is 6.10 Å². The first-order valence-corrected chi connectivity index (χ1v) is 8.68. The summed E-state index contributed by atoms with van der Waals surface area (Å²) < 4.78 is 5.35. The van der Waals surface area contributed by atoms with Crippen molar-refractivity contribution >= 4 is 23.3 Å². The van der Waals surface area contributed by atoms with Gasteiger partial charge in [0, 0.05) is 24.2 Å². The van der Waals surface area contributed by atoms with E-state index in [9.17, 15) is 5.11 Å². The number of rotatable bonds is 4. The van der Waals surface area contributed by atoms with Gasteiger partial charge in [-0.25, -0.2) is 0 Å². The smallest absolute Gasteiger partial charge is 0.119 e. The monoisotopic (exact) mass is 378 g/mol. The van der Waals surface area contributed by atoms with Crippen molar-refractivity contribution in [1.29, 1.82) is 0 Å². The van der Waals surface area contributed by atoms with Crippen molar-refractivity contribution in [1.82, 2.24) is 9.88 Å². The predicted octanol–water partition coefficient (Wildman–Crippen LogP) is 2.77. The second-order valence-electron chi connectivity index (χ2n) is 6.97. The molecule has 0 spiro atoms. The van der Waals surface area contributed by atoms with E-state index in [1.165, 1.54) is 6.42 Å². The number of methoxy groups -OCH3 is 1. The third-order valence-corrected chi connectivity index (χ3v) is 5.82. The normalized spacial score (nSPS) is 27.9. The molecule has 0 radical (unpaired) electrons. The molecule has 142 valence electrons. The molecule has 1 aromatic carbocycles. The van der Waals surface area contributed by atoms with Gasteiger partial charge in [-0.2, -0.15) is 0 Å². The van der Waals surface area contributed by atoms with Gasteiger partial charge in [0.1, 0.15) is 5.75 Å². The zero-order chi connectivity index (χ0) is 16.7. The van der Waals surface area contributed by atoms with E-state index in [4.69, 9.17) is 4.74 Å². The van der Waals surface area contributed by atoms with E-state index >= 15 is 0 Å². The van der Waals surface area contributed by atoms with Gasteiger partial charge in [-0.1, -0.05) is 6.08 Å². The summed E-state index contributed by atoms with van der Waals surface area (Å²) in [6.07, 6.45) is 5.62. The van der Waals surface area contributed by atoms with Gasteiger partial charge in [0.15, 0.2) is 0 Å². The summed E-state index contributed by atoms with van der Waals surface area (Å²) in [5, 5.41) is 12.1. The van der Waals surface area contributed by atoms with Crippen molar-refractivity contribution in [2.24, 2.45) is 11.8 Å². The molecular formula is C20H27ClN2O3. The summed E-state index contributed by atoms with van der Waals surface area (Å²) in [6, 6.07) is 7.96. The topological polar surface area (TPSA) is 77.1 Å². The first-order valence-electron chi connectivity index (χ1n) is 8.68. The van der Waals surface area contributed by atoms with Crippen LogP contribution in [0.3, 0.4) is 0 Å². The second kappa shape index (κ2) is 8.35. The fourth-order valence-corrected chi connectivity index (χ4v) is 4.44. The quantitative estimate of drug-likeness (QED) is 0.830. The van der Waals surface area contributed by atoms with Gasteiger partial charge in [0.05, 0.1) is 18.7 Å². The molecule has 3 aliphatic rings. The number of hydrogen-bond acceptors (Lipinski definition) is 4. The Balaban J connectivity index is 0.00000121. The lowest BCUT2D eigenvalue weighted by atomic mass is 9.73. The molecule has 0 saturated carbocycles. The van der Waals surface area contributed by atoms with Gasteiger partial charge >= 0.3 is 0 Å². The lowest BCUT2D eigenvalue weighted by Crippen LogP contribution is -2.54. The summed E-state index contributed by atoms with van der Waals surface area (Å²) in [5.74, 6) is 2.01. The Hall–Kier alpha value is -1.66. The maximum absolute atomic E-state index is 11.2. The van der Waals surface area contributed by atoms with E-state index in [0.29, 0.717) is 11.8 Å². The third-order valence-electron chi connectivity index (χ3n) is 5.82. The molecule has 3 unspecified atom stereocenters. The highest BCUT2D eigenvalue weighted by atomic mass is 35.5. The molecule has 3 saturated heterocycles. The van der Waals surface area contributed by atoms with Crippen molar-refractivity contribution in [3.63, 3.8) is 0 Å². The largest absolute Gasteiger partial charge is 0.497 e. The number of fused-ring (bicyclic) bond motifs is 4. The average molecular weight is 379 g/mol. The van der Waals surface area contributed by atoms with Crippen molar-refractivity contribution < 1.29 is 15.3 Å². The molecular weight excluding hydrogens is 352 g/mol. The Morgan fingerprint density at radius 3 is 2.85 bits per heavy atom. The first-order chi connectivity index (χ1) is 11.7. The molecule has 0 aliphatic carbocycles. The number of benzene rings is 1. The van der Waals surface area contributed by atoms with E-state index in [-0.39, 0.29) is 23.9 Å². The van der Waals surface area contributed by atoms with E-state index in [2.05, 4.69) is 22.5 Å². The number of aliphatic hydroxyl groups excluding tert-OH is 1. The molecule has 2 aromatic rings. The van der Waals surface area contributed by atoms with Gasteiger partial charge in [-0.3, -0.25) is 9.88 Å². The van der Waals surface area contributed by atoms with Crippen LogP contribution in [0.25, 0.3) is 10.9 Å². The maximum Gasteiger partial charge on any atom is 0.119 e. The van der Waals surface area contributed by atoms with Crippen molar-refractivity contribution in [2.75, 3.05) is 20.2 Å². The molecule has 3 fully saturated rings. The number of aromatic nitrogens is 1. The molecule has 6 heteroatoms. The highest BCUT2D eigenvalue weighted by Crippen LogP contribution is 2.42. The summed E-state index contributed by atoms with van der Waals surface area (Å²) in [6.45, 7) is 6.07. The average Bonchev–Trinajstić information content (AvgIpc) is 2.66. The minimum atomic E-state index is -0.504.